The van der Waals surface area contributed by atoms with Crippen molar-refractivity contribution >= 4 is 11.6 Å². The van der Waals surface area contributed by atoms with Crippen molar-refractivity contribution in [2.45, 2.75) is 26.3 Å². The van der Waals surface area contributed by atoms with Gasteiger partial charge in [0.25, 0.3) is 0 Å². The molecule has 0 spiro atoms. The molecule has 4 heteroatoms. The van der Waals surface area contributed by atoms with Crippen LogP contribution in [-0.4, -0.2) is 25.0 Å². The molecule has 0 aromatic heterocycles. The predicted molar refractivity (Wildman–Crippen MR) is 74.6 cm³/mol. The zero-order valence-electron chi connectivity index (χ0n) is 11.4. The third-order valence-corrected chi connectivity index (χ3v) is 3.39. The first-order valence-electron chi connectivity index (χ1n) is 6.50. The minimum absolute atomic E-state index is 0.0181. The quantitative estimate of drug-likeness (QED) is 0.880. The molecule has 1 N–H and O–H groups in total. The van der Waals surface area contributed by atoms with Crippen LogP contribution in [0, 0.1) is 16.7 Å². The van der Waals surface area contributed by atoms with Crippen molar-refractivity contribution in [3.05, 3.63) is 30.3 Å². The molecule has 4 nitrogen and oxygen atoms in total. The molecule has 0 bridgehead atoms. The van der Waals surface area contributed by atoms with Crippen LogP contribution in [0.25, 0.3) is 0 Å². The summed E-state index contributed by atoms with van der Waals surface area (Å²) in [5.74, 6) is -0.0593. The highest BCUT2D eigenvalue weighted by Crippen LogP contribution is 2.27. The number of amides is 1. The molecule has 19 heavy (non-hydrogen) atoms. The number of para-hydroxylation sites is 1. The summed E-state index contributed by atoms with van der Waals surface area (Å²) in [7, 11) is 0. The summed E-state index contributed by atoms with van der Waals surface area (Å²) in [4.78, 5) is 14.2. The Bertz CT molecular complexity index is 490. The molecule has 0 radical (unpaired) electrons. The molecule has 1 amide bonds. The summed E-state index contributed by atoms with van der Waals surface area (Å²) >= 11 is 0. The van der Waals surface area contributed by atoms with Crippen LogP contribution in [0.15, 0.2) is 30.3 Å². The second-order valence-corrected chi connectivity index (χ2v) is 5.72. The van der Waals surface area contributed by atoms with Gasteiger partial charge < -0.3 is 10.2 Å². The second kappa shape index (κ2) is 5.31. The average Bonchev–Trinajstić information content (AvgIpc) is 2.51. The van der Waals surface area contributed by atoms with Gasteiger partial charge in [0.1, 0.15) is 6.04 Å². The average molecular weight is 257 g/mol. The largest absolute Gasteiger partial charge is 0.358 e. The lowest BCUT2D eigenvalue weighted by molar-refractivity contribution is -0.122. The molecule has 100 valence electrons. The van der Waals surface area contributed by atoms with Gasteiger partial charge in [0, 0.05) is 18.8 Å². The summed E-state index contributed by atoms with van der Waals surface area (Å²) in [6, 6.07) is 11.5. The van der Waals surface area contributed by atoms with Crippen molar-refractivity contribution in [1.29, 1.82) is 5.26 Å². The van der Waals surface area contributed by atoms with Crippen molar-refractivity contribution in [1.82, 2.24) is 5.32 Å². The van der Waals surface area contributed by atoms with Gasteiger partial charge in [0.05, 0.1) is 12.5 Å². The van der Waals surface area contributed by atoms with E-state index in [9.17, 15) is 4.79 Å². The van der Waals surface area contributed by atoms with Gasteiger partial charge in [-0.25, -0.2) is 0 Å². The first kappa shape index (κ1) is 13.4. The summed E-state index contributed by atoms with van der Waals surface area (Å²) in [5, 5.41) is 11.9. The number of carbonyl (C=O) groups excluding carboxylic acids is 1. The molecule has 1 fully saturated rings. The van der Waals surface area contributed by atoms with Crippen LogP contribution in [0.1, 0.15) is 20.3 Å². The summed E-state index contributed by atoms with van der Waals surface area (Å²) in [5.41, 5.74) is 0.975. The first-order valence-corrected chi connectivity index (χ1v) is 6.50. The number of hydrogen-bond donors (Lipinski definition) is 1. The van der Waals surface area contributed by atoms with E-state index in [-0.39, 0.29) is 17.7 Å². The van der Waals surface area contributed by atoms with Crippen LogP contribution in [0.2, 0.25) is 0 Å². The zero-order valence-corrected chi connectivity index (χ0v) is 11.4. The highest BCUT2D eigenvalue weighted by Gasteiger charge is 2.35. The predicted octanol–water partition coefficient (Wildman–Crippen LogP) is 1.93. The molecule has 1 saturated heterocycles. The van der Waals surface area contributed by atoms with E-state index in [1.54, 1.807) is 0 Å². The van der Waals surface area contributed by atoms with Crippen LogP contribution < -0.4 is 10.2 Å². The van der Waals surface area contributed by atoms with E-state index in [4.69, 9.17) is 5.26 Å². The van der Waals surface area contributed by atoms with Crippen LogP contribution in [0.5, 0.6) is 0 Å². The number of hydrogen-bond acceptors (Lipinski definition) is 3. The number of nitriles is 1. The molecule has 1 unspecified atom stereocenters. The van der Waals surface area contributed by atoms with Gasteiger partial charge in [-0.1, -0.05) is 32.0 Å². The van der Waals surface area contributed by atoms with Gasteiger partial charge in [-0.3, -0.25) is 4.79 Å². The van der Waals surface area contributed by atoms with E-state index in [1.807, 2.05) is 35.2 Å². The number of anilines is 1. The summed E-state index contributed by atoms with van der Waals surface area (Å²) < 4.78 is 0. The number of nitrogens with one attached hydrogen (secondary N) is 1. The number of benzene rings is 1. The zero-order chi connectivity index (χ0) is 13.9. The molecule has 1 aliphatic rings. The number of nitrogens with zero attached hydrogens (tertiary/aromatic N) is 2. The summed E-state index contributed by atoms with van der Waals surface area (Å²) in [6.07, 6.45) is 0.205. The van der Waals surface area contributed by atoms with E-state index in [0.717, 1.165) is 12.2 Å². The first-order chi connectivity index (χ1) is 9.03. The Balaban J connectivity index is 2.38. The fourth-order valence-electron chi connectivity index (χ4n) is 2.39. The SMILES string of the molecule is CC1(C)CNC(=O)C(CC#N)N(c2ccccc2)C1. The van der Waals surface area contributed by atoms with Gasteiger partial charge in [0.15, 0.2) is 0 Å². The molecule has 2 rings (SSSR count). The molecule has 1 heterocycles. The minimum Gasteiger partial charge on any atom is -0.358 e. The molecular weight excluding hydrogens is 238 g/mol. The number of rotatable bonds is 2. The molecule has 1 atom stereocenters. The highest BCUT2D eigenvalue weighted by molar-refractivity contribution is 5.86. The Hall–Kier alpha value is -2.02. The lowest BCUT2D eigenvalue weighted by atomic mass is 9.92. The second-order valence-electron chi connectivity index (χ2n) is 5.72. The standard InChI is InChI=1S/C15H19N3O/c1-15(2)10-17-14(19)13(8-9-16)18(11-15)12-6-4-3-5-7-12/h3-7,13H,8,10-11H2,1-2H3,(H,17,19). The smallest absolute Gasteiger partial charge is 0.243 e. The van der Waals surface area contributed by atoms with Crippen molar-refractivity contribution in [3.8, 4) is 6.07 Å². The normalized spacial score (nSPS) is 22.3. The van der Waals surface area contributed by atoms with Crippen molar-refractivity contribution < 1.29 is 4.79 Å². The van der Waals surface area contributed by atoms with E-state index in [1.165, 1.54) is 0 Å². The molecule has 1 aliphatic heterocycles. The minimum atomic E-state index is -0.408. The van der Waals surface area contributed by atoms with Gasteiger partial charge in [-0.2, -0.15) is 5.26 Å². The molecule has 1 aromatic carbocycles. The maximum Gasteiger partial charge on any atom is 0.243 e. The van der Waals surface area contributed by atoms with E-state index in [2.05, 4.69) is 25.2 Å². The van der Waals surface area contributed by atoms with Crippen LogP contribution in [0.4, 0.5) is 5.69 Å². The van der Waals surface area contributed by atoms with Gasteiger partial charge in [-0.15, -0.1) is 0 Å². The highest BCUT2D eigenvalue weighted by atomic mass is 16.2. The van der Waals surface area contributed by atoms with Crippen molar-refractivity contribution in [2.24, 2.45) is 5.41 Å². The lowest BCUT2D eigenvalue weighted by Crippen LogP contribution is -2.44. The fourth-order valence-corrected chi connectivity index (χ4v) is 2.39. The molecule has 0 aliphatic carbocycles. The Morgan fingerprint density at radius 3 is 2.74 bits per heavy atom. The maximum atomic E-state index is 12.2. The van der Waals surface area contributed by atoms with Crippen LogP contribution in [-0.2, 0) is 4.79 Å². The Labute approximate surface area is 114 Å². The van der Waals surface area contributed by atoms with Gasteiger partial charge in [0.2, 0.25) is 5.91 Å². The van der Waals surface area contributed by atoms with E-state index in [0.29, 0.717) is 6.54 Å². The van der Waals surface area contributed by atoms with Gasteiger partial charge in [-0.05, 0) is 17.5 Å². The third-order valence-electron chi connectivity index (χ3n) is 3.39. The van der Waals surface area contributed by atoms with E-state index < -0.39 is 6.04 Å². The van der Waals surface area contributed by atoms with Crippen molar-refractivity contribution in [2.75, 3.05) is 18.0 Å². The molecule has 1 aromatic rings. The Kier molecular flexibility index (Phi) is 3.75. The molecular formula is C15H19N3O. The number of carbonyl (C=O) groups is 1. The monoisotopic (exact) mass is 257 g/mol. The third kappa shape index (κ3) is 3.05. The molecule has 0 saturated carbocycles. The van der Waals surface area contributed by atoms with E-state index >= 15 is 0 Å². The topological polar surface area (TPSA) is 56.1 Å². The van der Waals surface area contributed by atoms with Crippen LogP contribution >= 0.6 is 0 Å². The Morgan fingerprint density at radius 1 is 1.42 bits per heavy atom. The Morgan fingerprint density at radius 2 is 2.11 bits per heavy atom. The fraction of sp³-hybridized carbons (Fsp3) is 0.467. The van der Waals surface area contributed by atoms with Crippen LogP contribution in [0.3, 0.4) is 0 Å². The van der Waals surface area contributed by atoms with Gasteiger partial charge >= 0.3 is 0 Å². The maximum absolute atomic E-state index is 12.2. The lowest BCUT2D eigenvalue weighted by Gasteiger charge is -2.33. The summed E-state index contributed by atoms with van der Waals surface area (Å²) in [6.45, 7) is 5.63. The van der Waals surface area contributed by atoms with Crippen molar-refractivity contribution in [3.63, 3.8) is 0 Å².